The zero-order chi connectivity index (χ0) is 15.9. The molecule has 2 N–H and O–H groups in total. The third kappa shape index (κ3) is 2.41. The van der Waals surface area contributed by atoms with Crippen molar-refractivity contribution in [1.29, 1.82) is 0 Å². The predicted molar refractivity (Wildman–Crippen MR) is 90.0 cm³/mol. The number of phenols is 1. The van der Waals surface area contributed by atoms with Crippen LogP contribution in [0.4, 0.5) is 5.69 Å². The second-order valence-electron chi connectivity index (χ2n) is 6.27. The predicted octanol–water partition coefficient (Wildman–Crippen LogP) is 4.68. The standard InChI is InChI=1S/C19H23NO2/c1-11-5-8-17(22-4)14(9-11)20-15-10-13(3)18-12(2)6-7-16(21)19(15)18/h5-9,13,15,20-21H,10H2,1-4H3. The smallest absolute Gasteiger partial charge is 0.141 e. The zero-order valence-corrected chi connectivity index (χ0v) is 13.6. The molecule has 0 heterocycles. The maximum atomic E-state index is 10.3. The van der Waals surface area contributed by atoms with Gasteiger partial charge >= 0.3 is 0 Å². The summed E-state index contributed by atoms with van der Waals surface area (Å²) in [6.45, 7) is 6.41. The van der Waals surface area contributed by atoms with Crippen molar-refractivity contribution in [2.45, 2.75) is 39.2 Å². The van der Waals surface area contributed by atoms with Gasteiger partial charge in [0.05, 0.1) is 18.8 Å². The largest absolute Gasteiger partial charge is 0.508 e. The molecule has 0 aromatic heterocycles. The van der Waals surface area contributed by atoms with E-state index in [1.165, 1.54) is 16.7 Å². The number of ether oxygens (including phenoxy) is 1. The molecular formula is C19H23NO2. The number of anilines is 1. The highest BCUT2D eigenvalue weighted by Gasteiger charge is 2.32. The van der Waals surface area contributed by atoms with Gasteiger partial charge in [-0.1, -0.05) is 19.1 Å². The van der Waals surface area contributed by atoms with E-state index in [9.17, 15) is 5.11 Å². The van der Waals surface area contributed by atoms with Gasteiger partial charge in [-0.25, -0.2) is 0 Å². The van der Waals surface area contributed by atoms with Crippen molar-refractivity contribution in [2.75, 3.05) is 12.4 Å². The van der Waals surface area contributed by atoms with Gasteiger partial charge in [0.25, 0.3) is 0 Å². The Labute approximate surface area is 131 Å². The van der Waals surface area contributed by atoms with Crippen LogP contribution in [0.25, 0.3) is 0 Å². The number of phenolic OH excluding ortho intramolecular Hbond substituents is 1. The van der Waals surface area contributed by atoms with Crippen LogP contribution in [0.1, 0.15) is 47.6 Å². The molecule has 3 heteroatoms. The van der Waals surface area contributed by atoms with Gasteiger partial charge in [-0.15, -0.1) is 0 Å². The van der Waals surface area contributed by atoms with Gasteiger partial charge in [-0.2, -0.15) is 0 Å². The average molecular weight is 297 g/mol. The Bertz CT molecular complexity index is 709. The maximum Gasteiger partial charge on any atom is 0.141 e. The van der Waals surface area contributed by atoms with Gasteiger partial charge < -0.3 is 15.2 Å². The molecule has 116 valence electrons. The van der Waals surface area contributed by atoms with Gasteiger partial charge in [0.2, 0.25) is 0 Å². The lowest BCUT2D eigenvalue weighted by Gasteiger charge is -2.19. The topological polar surface area (TPSA) is 41.5 Å². The van der Waals surface area contributed by atoms with Gasteiger partial charge in [-0.05, 0) is 61.1 Å². The quantitative estimate of drug-likeness (QED) is 0.864. The lowest BCUT2D eigenvalue weighted by atomic mass is 9.97. The summed E-state index contributed by atoms with van der Waals surface area (Å²) >= 11 is 0. The minimum Gasteiger partial charge on any atom is -0.508 e. The number of hydrogen-bond acceptors (Lipinski definition) is 3. The number of fused-ring (bicyclic) bond motifs is 1. The first-order valence-corrected chi connectivity index (χ1v) is 7.74. The first-order chi connectivity index (χ1) is 10.5. The summed E-state index contributed by atoms with van der Waals surface area (Å²) in [4.78, 5) is 0. The van der Waals surface area contributed by atoms with Crippen LogP contribution in [0.2, 0.25) is 0 Å². The second-order valence-corrected chi connectivity index (χ2v) is 6.27. The van der Waals surface area contributed by atoms with E-state index >= 15 is 0 Å². The number of aryl methyl sites for hydroxylation is 2. The Morgan fingerprint density at radius 2 is 1.91 bits per heavy atom. The summed E-state index contributed by atoms with van der Waals surface area (Å²) in [6, 6.07) is 10.0. The molecule has 0 saturated carbocycles. The molecule has 0 saturated heterocycles. The summed E-state index contributed by atoms with van der Waals surface area (Å²) in [5.74, 6) is 1.66. The summed E-state index contributed by atoms with van der Waals surface area (Å²) in [5.41, 5.74) is 5.73. The summed E-state index contributed by atoms with van der Waals surface area (Å²) in [6.07, 6.45) is 0.977. The average Bonchev–Trinajstić information content (AvgIpc) is 2.81. The highest BCUT2D eigenvalue weighted by molar-refractivity contribution is 5.62. The summed E-state index contributed by atoms with van der Waals surface area (Å²) in [7, 11) is 1.68. The van der Waals surface area contributed by atoms with Crippen molar-refractivity contribution in [2.24, 2.45) is 0 Å². The molecule has 2 atom stereocenters. The number of hydrogen-bond donors (Lipinski definition) is 2. The van der Waals surface area contributed by atoms with Gasteiger partial charge in [0.1, 0.15) is 11.5 Å². The van der Waals surface area contributed by atoms with Gasteiger partial charge in [0.15, 0.2) is 0 Å². The molecule has 0 spiro atoms. The lowest BCUT2D eigenvalue weighted by Crippen LogP contribution is -2.09. The van der Waals surface area contributed by atoms with Crippen LogP contribution in [0.5, 0.6) is 11.5 Å². The van der Waals surface area contributed by atoms with Crippen molar-refractivity contribution in [3.63, 3.8) is 0 Å². The number of rotatable bonds is 3. The van der Waals surface area contributed by atoms with Crippen LogP contribution in [0.3, 0.4) is 0 Å². The molecule has 0 radical (unpaired) electrons. The molecule has 3 nitrogen and oxygen atoms in total. The van der Waals surface area contributed by atoms with Crippen molar-refractivity contribution in [1.82, 2.24) is 0 Å². The van der Waals surface area contributed by atoms with Crippen LogP contribution in [0.15, 0.2) is 30.3 Å². The van der Waals surface area contributed by atoms with Crippen molar-refractivity contribution >= 4 is 5.69 Å². The fourth-order valence-electron chi connectivity index (χ4n) is 3.60. The van der Waals surface area contributed by atoms with E-state index < -0.39 is 0 Å². The third-order valence-corrected chi connectivity index (χ3v) is 4.60. The minimum atomic E-state index is 0.112. The van der Waals surface area contributed by atoms with E-state index in [1.807, 2.05) is 18.2 Å². The van der Waals surface area contributed by atoms with Crippen molar-refractivity contribution < 1.29 is 9.84 Å². The van der Waals surface area contributed by atoms with E-state index in [4.69, 9.17) is 4.74 Å². The first kappa shape index (κ1) is 14.8. The van der Waals surface area contributed by atoms with E-state index in [0.717, 1.165) is 23.4 Å². The SMILES string of the molecule is COc1ccc(C)cc1NC1CC(C)c2c(C)ccc(O)c21. The van der Waals surface area contributed by atoms with Gasteiger partial charge in [0, 0.05) is 5.56 Å². The van der Waals surface area contributed by atoms with Crippen molar-refractivity contribution in [3.8, 4) is 11.5 Å². The zero-order valence-electron chi connectivity index (χ0n) is 13.6. The molecule has 1 aliphatic carbocycles. The molecule has 2 unspecified atom stereocenters. The Morgan fingerprint density at radius 1 is 1.14 bits per heavy atom. The molecule has 0 aliphatic heterocycles. The molecule has 1 aliphatic rings. The fourth-order valence-corrected chi connectivity index (χ4v) is 3.60. The highest BCUT2D eigenvalue weighted by atomic mass is 16.5. The molecule has 2 aromatic carbocycles. The second kappa shape index (κ2) is 5.56. The maximum absolute atomic E-state index is 10.3. The number of nitrogens with one attached hydrogen (secondary N) is 1. The van der Waals surface area contributed by atoms with E-state index in [2.05, 4.69) is 32.2 Å². The summed E-state index contributed by atoms with van der Waals surface area (Å²) in [5, 5.41) is 13.9. The van der Waals surface area contributed by atoms with Crippen LogP contribution in [0, 0.1) is 13.8 Å². The van der Waals surface area contributed by atoms with Crippen LogP contribution in [-0.2, 0) is 0 Å². The first-order valence-electron chi connectivity index (χ1n) is 7.74. The number of aromatic hydroxyl groups is 1. The Balaban J connectivity index is 2.00. The highest BCUT2D eigenvalue weighted by Crippen LogP contribution is 2.47. The number of methoxy groups -OCH3 is 1. The Morgan fingerprint density at radius 3 is 2.64 bits per heavy atom. The minimum absolute atomic E-state index is 0.112. The van der Waals surface area contributed by atoms with Crippen LogP contribution in [-0.4, -0.2) is 12.2 Å². The lowest BCUT2D eigenvalue weighted by molar-refractivity contribution is 0.415. The summed E-state index contributed by atoms with van der Waals surface area (Å²) < 4.78 is 5.45. The fraction of sp³-hybridized carbons (Fsp3) is 0.368. The third-order valence-electron chi connectivity index (χ3n) is 4.60. The van der Waals surface area contributed by atoms with E-state index in [-0.39, 0.29) is 6.04 Å². The number of benzene rings is 2. The Hall–Kier alpha value is -2.16. The molecule has 3 rings (SSSR count). The van der Waals surface area contributed by atoms with Crippen molar-refractivity contribution in [3.05, 3.63) is 52.6 Å². The van der Waals surface area contributed by atoms with E-state index in [0.29, 0.717) is 11.7 Å². The van der Waals surface area contributed by atoms with Gasteiger partial charge in [-0.3, -0.25) is 0 Å². The molecule has 2 aromatic rings. The normalized spacial score (nSPS) is 19.8. The molecule has 22 heavy (non-hydrogen) atoms. The monoisotopic (exact) mass is 297 g/mol. The molecule has 0 fully saturated rings. The van der Waals surface area contributed by atoms with E-state index in [1.54, 1.807) is 13.2 Å². The van der Waals surface area contributed by atoms with Crippen LogP contribution >= 0.6 is 0 Å². The van der Waals surface area contributed by atoms with Crippen LogP contribution < -0.4 is 10.1 Å². The Kier molecular flexibility index (Phi) is 3.73. The molecule has 0 bridgehead atoms. The molecular weight excluding hydrogens is 274 g/mol. The molecule has 0 amide bonds.